The van der Waals surface area contributed by atoms with Crippen molar-refractivity contribution in [3.8, 4) is 0 Å². The minimum Gasteiger partial charge on any atom is -0.465 e. The maximum absolute atomic E-state index is 10.9. The van der Waals surface area contributed by atoms with E-state index in [9.17, 15) is 4.79 Å². The van der Waals surface area contributed by atoms with Gasteiger partial charge in [0.25, 0.3) is 0 Å². The molecule has 4 heteroatoms. The standard InChI is InChI=1S/C13H24N2O2/c1-10-9-15(13(16)17)8-7-12(10)14-11-5-3-2-4-6-11/h10-12,14H,2-9H2,1H3,(H,16,17). The van der Waals surface area contributed by atoms with Gasteiger partial charge in [-0.05, 0) is 25.2 Å². The highest BCUT2D eigenvalue weighted by Gasteiger charge is 2.29. The third kappa shape index (κ3) is 3.35. The number of amides is 1. The molecule has 1 aliphatic heterocycles. The summed E-state index contributed by atoms with van der Waals surface area (Å²) in [5.41, 5.74) is 0. The van der Waals surface area contributed by atoms with Gasteiger partial charge < -0.3 is 15.3 Å². The van der Waals surface area contributed by atoms with E-state index in [4.69, 9.17) is 5.11 Å². The van der Waals surface area contributed by atoms with Gasteiger partial charge in [-0.15, -0.1) is 0 Å². The number of nitrogens with zero attached hydrogens (tertiary/aromatic N) is 1. The minimum atomic E-state index is -0.770. The SMILES string of the molecule is CC1CN(C(=O)O)CCC1NC1CCCCC1. The smallest absolute Gasteiger partial charge is 0.407 e. The summed E-state index contributed by atoms with van der Waals surface area (Å²) in [6.07, 6.45) is 6.86. The fraction of sp³-hybridized carbons (Fsp3) is 0.923. The molecule has 0 aromatic rings. The molecular weight excluding hydrogens is 216 g/mol. The van der Waals surface area contributed by atoms with Gasteiger partial charge in [0.15, 0.2) is 0 Å². The fourth-order valence-electron chi connectivity index (χ4n) is 3.14. The molecule has 1 saturated carbocycles. The first kappa shape index (κ1) is 12.7. The van der Waals surface area contributed by atoms with Gasteiger partial charge in [-0.1, -0.05) is 26.2 Å². The molecule has 17 heavy (non-hydrogen) atoms. The van der Waals surface area contributed by atoms with Crippen molar-refractivity contribution in [3.05, 3.63) is 0 Å². The van der Waals surface area contributed by atoms with E-state index < -0.39 is 6.09 Å². The van der Waals surface area contributed by atoms with Gasteiger partial charge in [0.2, 0.25) is 0 Å². The lowest BCUT2D eigenvalue weighted by molar-refractivity contribution is 0.106. The third-order valence-electron chi connectivity index (χ3n) is 4.23. The zero-order chi connectivity index (χ0) is 12.3. The Morgan fingerprint density at radius 2 is 1.94 bits per heavy atom. The van der Waals surface area contributed by atoms with Crippen LogP contribution >= 0.6 is 0 Å². The first-order valence-corrected chi connectivity index (χ1v) is 6.90. The van der Waals surface area contributed by atoms with Gasteiger partial charge in [-0.3, -0.25) is 0 Å². The second kappa shape index (κ2) is 5.71. The van der Waals surface area contributed by atoms with Crippen LogP contribution in [-0.2, 0) is 0 Å². The zero-order valence-corrected chi connectivity index (χ0v) is 10.7. The van der Waals surface area contributed by atoms with E-state index in [0.29, 0.717) is 31.1 Å². The molecule has 0 radical (unpaired) electrons. The van der Waals surface area contributed by atoms with E-state index in [1.165, 1.54) is 32.1 Å². The van der Waals surface area contributed by atoms with Gasteiger partial charge in [-0.2, -0.15) is 0 Å². The van der Waals surface area contributed by atoms with Crippen LogP contribution in [0.25, 0.3) is 0 Å². The first-order valence-electron chi connectivity index (χ1n) is 6.90. The molecule has 2 rings (SSSR count). The molecule has 0 aromatic carbocycles. The summed E-state index contributed by atoms with van der Waals surface area (Å²) in [5, 5.41) is 12.7. The molecule has 4 nitrogen and oxygen atoms in total. The Hall–Kier alpha value is -0.770. The summed E-state index contributed by atoms with van der Waals surface area (Å²) in [6, 6.07) is 1.18. The number of carbonyl (C=O) groups is 1. The van der Waals surface area contributed by atoms with E-state index in [0.717, 1.165) is 6.42 Å². The number of piperidine rings is 1. The number of rotatable bonds is 2. The number of carboxylic acid groups (broad SMARTS) is 1. The topological polar surface area (TPSA) is 52.6 Å². The van der Waals surface area contributed by atoms with Gasteiger partial charge >= 0.3 is 6.09 Å². The Kier molecular flexibility index (Phi) is 4.26. The van der Waals surface area contributed by atoms with Crippen molar-refractivity contribution < 1.29 is 9.90 Å². The molecular formula is C13H24N2O2. The van der Waals surface area contributed by atoms with Crippen LogP contribution in [0.4, 0.5) is 4.79 Å². The van der Waals surface area contributed by atoms with Crippen molar-refractivity contribution >= 4 is 6.09 Å². The molecule has 2 unspecified atom stereocenters. The van der Waals surface area contributed by atoms with Crippen LogP contribution in [0.15, 0.2) is 0 Å². The minimum absolute atomic E-state index is 0.432. The van der Waals surface area contributed by atoms with Crippen LogP contribution < -0.4 is 5.32 Å². The Morgan fingerprint density at radius 3 is 2.53 bits per heavy atom. The fourth-order valence-corrected chi connectivity index (χ4v) is 3.14. The van der Waals surface area contributed by atoms with E-state index in [1.807, 2.05) is 0 Å². The first-order chi connectivity index (χ1) is 8.16. The molecule has 98 valence electrons. The van der Waals surface area contributed by atoms with Crippen LogP contribution in [0.3, 0.4) is 0 Å². The largest absolute Gasteiger partial charge is 0.465 e. The molecule has 2 atom stereocenters. The predicted octanol–water partition coefficient (Wildman–Crippen LogP) is 2.30. The van der Waals surface area contributed by atoms with Crippen molar-refractivity contribution in [3.63, 3.8) is 0 Å². The molecule has 0 spiro atoms. The van der Waals surface area contributed by atoms with Crippen LogP contribution in [0.2, 0.25) is 0 Å². The highest BCUT2D eigenvalue weighted by atomic mass is 16.4. The van der Waals surface area contributed by atoms with E-state index in [1.54, 1.807) is 4.90 Å². The molecule has 2 N–H and O–H groups in total. The van der Waals surface area contributed by atoms with Crippen molar-refractivity contribution in [1.29, 1.82) is 0 Å². The third-order valence-corrected chi connectivity index (χ3v) is 4.23. The molecule has 2 fully saturated rings. The zero-order valence-electron chi connectivity index (χ0n) is 10.7. The van der Waals surface area contributed by atoms with Crippen LogP contribution in [-0.4, -0.2) is 41.3 Å². The molecule has 0 bridgehead atoms. The summed E-state index contributed by atoms with van der Waals surface area (Å²) >= 11 is 0. The lowest BCUT2D eigenvalue weighted by Gasteiger charge is -2.38. The average molecular weight is 240 g/mol. The highest BCUT2D eigenvalue weighted by Crippen LogP contribution is 2.22. The average Bonchev–Trinajstić information content (AvgIpc) is 2.33. The van der Waals surface area contributed by atoms with Crippen LogP contribution in [0.5, 0.6) is 0 Å². The van der Waals surface area contributed by atoms with Crippen LogP contribution in [0, 0.1) is 5.92 Å². The number of likely N-dealkylation sites (tertiary alicyclic amines) is 1. The summed E-state index contributed by atoms with van der Waals surface area (Å²) in [5.74, 6) is 0.432. The Balaban J connectivity index is 1.80. The lowest BCUT2D eigenvalue weighted by atomic mass is 9.90. The molecule has 1 saturated heterocycles. The quantitative estimate of drug-likeness (QED) is 0.778. The van der Waals surface area contributed by atoms with Gasteiger partial charge in [0.1, 0.15) is 0 Å². The summed E-state index contributed by atoms with van der Waals surface area (Å²) in [6.45, 7) is 3.53. The number of hydrogen-bond donors (Lipinski definition) is 2. The summed E-state index contributed by atoms with van der Waals surface area (Å²) in [7, 11) is 0. The normalized spacial score (nSPS) is 31.5. The summed E-state index contributed by atoms with van der Waals surface area (Å²) in [4.78, 5) is 12.4. The van der Waals surface area contributed by atoms with E-state index in [2.05, 4.69) is 12.2 Å². The Bertz CT molecular complexity index is 264. The van der Waals surface area contributed by atoms with Crippen molar-refractivity contribution in [2.24, 2.45) is 5.92 Å². The Morgan fingerprint density at radius 1 is 1.24 bits per heavy atom. The maximum atomic E-state index is 10.9. The van der Waals surface area contributed by atoms with Crippen molar-refractivity contribution in [2.45, 2.75) is 57.5 Å². The molecule has 1 aliphatic carbocycles. The van der Waals surface area contributed by atoms with Gasteiger partial charge in [-0.25, -0.2) is 4.79 Å². The molecule has 1 heterocycles. The number of nitrogens with one attached hydrogen (secondary N) is 1. The second-order valence-electron chi connectivity index (χ2n) is 5.60. The molecule has 1 amide bonds. The van der Waals surface area contributed by atoms with Crippen LogP contribution in [0.1, 0.15) is 45.4 Å². The maximum Gasteiger partial charge on any atom is 0.407 e. The van der Waals surface area contributed by atoms with Crippen molar-refractivity contribution in [2.75, 3.05) is 13.1 Å². The van der Waals surface area contributed by atoms with Crippen molar-refractivity contribution in [1.82, 2.24) is 10.2 Å². The predicted molar refractivity (Wildman–Crippen MR) is 67.2 cm³/mol. The van der Waals surface area contributed by atoms with E-state index >= 15 is 0 Å². The summed E-state index contributed by atoms with van der Waals surface area (Å²) < 4.78 is 0. The van der Waals surface area contributed by atoms with E-state index in [-0.39, 0.29) is 0 Å². The molecule has 0 aromatic heterocycles. The lowest BCUT2D eigenvalue weighted by Crippen LogP contribution is -2.52. The second-order valence-corrected chi connectivity index (χ2v) is 5.60. The van der Waals surface area contributed by atoms with Gasteiger partial charge in [0.05, 0.1) is 0 Å². The monoisotopic (exact) mass is 240 g/mol. The Labute approximate surface area is 103 Å². The highest BCUT2D eigenvalue weighted by molar-refractivity contribution is 5.65. The molecule has 2 aliphatic rings. The number of hydrogen-bond acceptors (Lipinski definition) is 2. The van der Waals surface area contributed by atoms with Gasteiger partial charge in [0, 0.05) is 25.2 Å².